The smallest absolute Gasteiger partial charge is 0.189 e. The maximum Gasteiger partial charge on any atom is 0.189 e. The fourth-order valence-electron chi connectivity index (χ4n) is 1.28. The monoisotopic (exact) mass is 268 g/mol. The normalized spacial score (nSPS) is 10.7. The van der Waals surface area contributed by atoms with Crippen LogP contribution in [0.5, 0.6) is 5.75 Å². The van der Waals surface area contributed by atoms with Crippen LogP contribution < -0.4 is 5.32 Å². The van der Waals surface area contributed by atoms with Crippen molar-refractivity contribution in [3.63, 3.8) is 0 Å². The second-order valence-electron chi connectivity index (χ2n) is 3.61. The Morgan fingerprint density at radius 1 is 1.67 bits per heavy atom. The van der Waals surface area contributed by atoms with Crippen LogP contribution in [0.1, 0.15) is 16.8 Å². The number of aryl methyl sites for hydroxylation is 1. The molecule has 3 N–H and O–H groups in total. The highest BCUT2D eigenvalue weighted by molar-refractivity contribution is 7.80. The van der Waals surface area contributed by atoms with Gasteiger partial charge in [0.15, 0.2) is 5.11 Å². The van der Waals surface area contributed by atoms with Crippen molar-refractivity contribution < 1.29 is 10.2 Å². The molecule has 0 aliphatic rings. The average molecular weight is 268 g/mol. The van der Waals surface area contributed by atoms with E-state index in [9.17, 15) is 10.2 Å². The topological polar surface area (TPSA) is 81.0 Å². The number of aromatic nitrogens is 1. The number of pyridine rings is 1. The minimum Gasteiger partial charge on any atom is -0.505 e. The van der Waals surface area contributed by atoms with Crippen molar-refractivity contribution in [3.8, 4) is 5.75 Å². The number of nitrogens with zero attached hydrogens (tertiary/aromatic N) is 3. The Labute approximate surface area is 111 Å². The van der Waals surface area contributed by atoms with Gasteiger partial charge < -0.3 is 15.5 Å². The van der Waals surface area contributed by atoms with Gasteiger partial charge in [0.2, 0.25) is 0 Å². The van der Waals surface area contributed by atoms with Gasteiger partial charge in [-0.05, 0) is 19.1 Å². The van der Waals surface area contributed by atoms with Crippen LogP contribution in [-0.4, -0.2) is 45.6 Å². The molecular formula is C11H16N4O2S. The zero-order valence-electron chi connectivity index (χ0n) is 10.5. The summed E-state index contributed by atoms with van der Waals surface area (Å²) in [6, 6.07) is 0. The van der Waals surface area contributed by atoms with Crippen molar-refractivity contribution in [2.24, 2.45) is 5.10 Å². The standard InChI is InChI=1S/C11H16N4O2S/c1-7-10(17)9(8(6-16)4-13-7)5-14-15(3)11(18)12-2/h4-5,16-17H,6H2,1-3H3,(H,12,18)/b14-5+. The van der Waals surface area contributed by atoms with Crippen molar-refractivity contribution in [3.05, 3.63) is 23.0 Å². The van der Waals surface area contributed by atoms with Crippen LogP contribution in [-0.2, 0) is 6.61 Å². The van der Waals surface area contributed by atoms with E-state index in [1.165, 1.54) is 17.4 Å². The molecule has 1 aromatic rings. The summed E-state index contributed by atoms with van der Waals surface area (Å²) in [6.45, 7) is 1.46. The van der Waals surface area contributed by atoms with Gasteiger partial charge in [0, 0.05) is 31.4 Å². The van der Waals surface area contributed by atoms with Crippen LogP contribution in [0.2, 0.25) is 0 Å². The first-order chi connectivity index (χ1) is 8.51. The summed E-state index contributed by atoms with van der Waals surface area (Å²) in [4.78, 5) is 3.97. The highest BCUT2D eigenvalue weighted by atomic mass is 32.1. The van der Waals surface area contributed by atoms with E-state index in [0.29, 0.717) is 21.9 Å². The number of hydrogen-bond acceptors (Lipinski definition) is 5. The maximum absolute atomic E-state index is 9.89. The molecule has 18 heavy (non-hydrogen) atoms. The first-order valence-electron chi connectivity index (χ1n) is 5.29. The SMILES string of the molecule is CNC(=S)N(C)/N=C/c1c(CO)cnc(C)c1O. The van der Waals surface area contributed by atoms with E-state index in [-0.39, 0.29) is 12.4 Å². The Kier molecular flexibility index (Phi) is 4.99. The molecule has 0 saturated carbocycles. The van der Waals surface area contributed by atoms with Crippen molar-refractivity contribution >= 4 is 23.5 Å². The molecule has 0 amide bonds. The van der Waals surface area contributed by atoms with Gasteiger partial charge >= 0.3 is 0 Å². The Bertz CT molecular complexity index is 476. The van der Waals surface area contributed by atoms with Gasteiger partial charge in [-0.25, -0.2) is 5.01 Å². The number of hydrogen-bond donors (Lipinski definition) is 3. The average Bonchev–Trinajstić information content (AvgIpc) is 2.38. The molecule has 6 nitrogen and oxygen atoms in total. The minimum atomic E-state index is -0.220. The lowest BCUT2D eigenvalue weighted by Crippen LogP contribution is -2.30. The molecule has 0 aliphatic heterocycles. The fraction of sp³-hybridized carbons (Fsp3) is 0.364. The van der Waals surface area contributed by atoms with E-state index in [0.717, 1.165) is 0 Å². The number of rotatable bonds is 3. The molecule has 0 aliphatic carbocycles. The Morgan fingerprint density at radius 2 is 2.33 bits per heavy atom. The number of thiocarbonyl (C=S) groups is 1. The summed E-state index contributed by atoms with van der Waals surface area (Å²) in [5.74, 6) is 0.00840. The zero-order chi connectivity index (χ0) is 13.7. The molecule has 1 rings (SSSR count). The predicted octanol–water partition coefficient (Wildman–Crippen LogP) is 0.358. The first kappa shape index (κ1) is 14.3. The van der Waals surface area contributed by atoms with Crippen LogP contribution >= 0.6 is 12.2 Å². The van der Waals surface area contributed by atoms with Crippen LogP contribution in [0.3, 0.4) is 0 Å². The van der Waals surface area contributed by atoms with Crippen molar-refractivity contribution in [2.75, 3.05) is 14.1 Å². The molecule has 0 bridgehead atoms. The van der Waals surface area contributed by atoms with Crippen LogP contribution in [0.25, 0.3) is 0 Å². The van der Waals surface area contributed by atoms with E-state index in [1.54, 1.807) is 21.0 Å². The van der Waals surface area contributed by atoms with Crippen molar-refractivity contribution in [1.29, 1.82) is 0 Å². The molecule has 0 atom stereocenters. The second-order valence-corrected chi connectivity index (χ2v) is 4.00. The molecule has 0 aromatic carbocycles. The molecule has 98 valence electrons. The van der Waals surface area contributed by atoms with E-state index in [2.05, 4.69) is 15.4 Å². The summed E-state index contributed by atoms with van der Waals surface area (Å²) in [6.07, 6.45) is 2.95. The second kappa shape index (κ2) is 6.27. The minimum absolute atomic E-state index is 0.00840. The molecule has 0 fully saturated rings. The number of aliphatic hydroxyl groups is 1. The Balaban J connectivity index is 3.06. The van der Waals surface area contributed by atoms with Crippen LogP contribution in [0.15, 0.2) is 11.3 Å². The lowest BCUT2D eigenvalue weighted by atomic mass is 10.1. The molecule has 1 heterocycles. The van der Waals surface area contributed by atoms with Crippen molar-refractivity contribution in [2.45, 2.75) is 13.5 Å². The zero-order valence-corrected chi connectivity index (χ0v) is 11.3. The first-order valence-corrected chi connectivity index (χ1v) is 5.69. The molecule has 0 unspecified atom stereocenters. The van der Waals surface area contributed by atoms with Gasteiger partial charge in [0.1, 0.15) is 5.75 Å². The van der Waals surface area contributed by atoms with E-state index in [4.69, 9.17) is 12.2 Å². The van der Waals surface area contributed by atoms with E-state index in [1.807, 2.05) is 0 Å². The third-order valence-electron chi connectivity index (χ3n) is 2.40. The lowest BCUT2D eigenvalue weighted by Gasteiger charge is -2.13. The molecule has 1 aromatic heterocycles. The largest absolute Gasteiger partial charge is 0.505 e. The summed E-state index contributed by atoms with van der Waals surface area (Å²) in [7, 11) is 3.38. The summed E-state index contributed by atoms with van der Waals surface area (Å²) in [5, 5.41) is 27.8. The van der Waals surface area contributed by atoms with Crippen LogP contribution in [0, 0.1) is 6.92 Å². The third kappa shape index (κ3) is 3.14. The summed E-state index contributed by atoms with van der Waals surface area (Å²) in [5.41, 5.74) is 1.42. The molecule has 7 heteroatoms. The molecule has 0 saturated heterocycles. The lowest BCUT2D eigenvalue weighted by molar-refractivity contribution is 0.280. The number of aliphatic hydroxyl groups excluding tert-OH is 1. The summed E-state index contributed by atoms with van der Waals surface area (Å²) < 4.78 is 0. The Hall–Kier alpha value is -1.73. The highest BCUT2D eigenvalue weighted by Crippen LogP contribution is 2.21. The maximum atomic E-state index is 9.89. The summed E-state index contributed by atoms with van der Waals surface area (Å²) >= 11 is 4.99. The fourth-order valence-corrected chi connectivity index (χ4v) is 1.33. The van der Waals surface area contributed by atoms with Gasteiger partial charge in [-0.2, -0.15) is 5.10 Å². The number of nitrogens with one attached hydrogen (secondary N) is 1. The van der Waals surface area contributed by atoms with E-state index < -0.39 is 0 Å². The highest BCUT2D eigenvalue weighted by Gasteiger charge is 2.09. The number of hydrazone groups is 1. The Morgan fingerprint density at radius 3 is 2.89 bits per heavy atom. The van der Waals surface area contributed by atoms with Crippen LogP contribution in [0.4, 0.5) is 0 Å². The molecule has 0 spiro atoms. The molecular weight excluding hydrogens is 252 g/mol. The van der Waals surface area contributed by atoms with Gasteiger partial charge in [-0.1, -0.05) is 0 Å². The van der Waals surface area contributed by atoms with Crippen molar-refractivity contribution in [1.82, 2.24) is 15.3 Å². The predicted molar refractivity (Wildman–Crippen MR) is 73.6 cm³/mol. The van der Waals surface area contributed by atoms with Gasteiger partial charge in [0.05, 0.1) is 18.5 Å². The van der Waals surface area contributed by atoms with E-state index >= 15 is 0 Å². The van der Waals surface area contributed by atoms with Gasteiger partial charge in [0.25, 0.3) is 0 Å². The van der Waals surface area contributed by atoms with Gasteiger partial charge in [-0.3, -0.25) is 4.98 Å². The van der Waals surface area contributed by atoms with Gasteiger partial charge in [-0.15, -0.1) is 0 Å². The molecule has 0 radical (unpaired) electrons. The quantitative estimate of drug-likeness (QED) is 0.417. The third-order valence-corrected chi connectivity index (χ3v) is 2.86. The number of aromatic hydroxyl groups is 1.